The number of hydrogen-bond acceptors (Lipinski definition) is 4. The third-order valence-electron chi connectivity index (χ3n) is 4.63. The third kappa shape index (κ3) is 1.87. The fourth-order valence-corrected chi connectivity index (χ4v) is 3.88. The molecular formula is C13H20N2OS. The van der Waals surface area contributed by atoms with Crippen LogP contribution >= 0.6 is 11.3 Å². The normalized spacial score (nSPS) is 34.7. The minimum absolute atomic E-state index is 0.352. The zero-order valence-electron chi connectivity index (χ0n) is 10.3. The van der Waals surface area contributed by atoms with Crippen LogP contribution in [-0.4, -0.2) is 28.8 Å². The second-order valence-electron chi connectivity index (χ2n) is 5.53. The van der Waals surface area contributed by atoms with E-state index in [1.165, 1.54) is 19.3 Å². The van der Waals surface area contributed by atoms with Crippen LogP contribution in [0.5, 0.6) is 0 Å². The summed E-state index contributed by atoms with van der Waals surface area (Å²) in [6.07, 6.45) is 6.50. The van der Waals surface area contributed by atoms with Gasteiger partial charge in [-0.1, -0.05) is 13.3 Å². The minimum Gasteiger partial charge on any atom is -0.389 e. The molecule has 94 valence electrons. The Labute approximate surface area is 106 Å². The molecular weight excluding hydrogens is 232 g/mol. The SMILES string of the molecule is CC1CN(c2nccs2)CCC1(O)C1CCC1. The van der Waals surface area contributed by atoms with Crippen LogP contribution in [0.4, 0.5) is 5.13 Å². The maximum Gasteiger partial charge on any atom is 0.185 e. The number of aliphatic hydroxyl groups is 1. The van der Waals surface area contributed by atoms with E-state index in [9.17, 15) is 5.11 Å². The predicted molar refractivity (Wildman–Crippen MR) is 70.4 cm³/mol. The summed E-state index contributed by atoms with van der Waals surface area (Å²) in [5, 5.41) is 14.0. The van der Waals surface area contributed by atoms with Gasteiger partial charge in [-0.05, 0) is 25.2 Å². The van der Waals surface area contributed by atoms with E-state index in [0.717, 1.165) is 24.6 Å². The summed E-state index contributed by atoms with van der Waals surface area (Å²) in [4.78, 5) is 6.69. The van der Waals surface area contributed by atoms with E-state index in [4.69, 9.17) is 0 Å². The molecule has 3 nitrogen and oxygen atoms in total. The van der Waals surface area contributed by atoms with Gasteiger partial charge >= 0.3 is 0 Å². The fourth-order valence-electron chi connectivity index (χ4n) is 3.20. The summed E-state index contributed by atoms with van der Waals surface area (Å²) < 4.78 is 0. The van der Waals surface area contributed by atoms with Gasteiger partial charge in [0.15, 0.2) is 5.13 Å². The standard InChI is InChI=1S/C13H20N2OS/c1-10-9-15(12-14-6-8-17-12)7-5-13(10,16)11-3-2-4-11/h6,8,10-11,16H,2-5,7,9H2,1H3. The predicted octanol–water partition coefficient (Wildman–Crippen LogP) is 2.52. The summed E-state index contributed by atoms with van der Waals surface area (Å²) >= 11 is 1.69. The van der Waals surface area contributed by atoms with E-state index in [0.29, 0.717) is 11.8 Å². The lowest BCUT2D eigenvalue weighted by Crippen LogP contribution is -2.56. The lowest BCUT2D eigenvalue weighted by molar-refractivity contribution is -0.102. The number of piperidine rings is 1. The number of aromatic nitrogens is 1. The average Bonchev–Trinajstić information content (AvgIpc) is 2.73. The van der Waals surface area contributed by atoms with Gasteiger partial charge in [0.2, 0.25) is 0 Å². The Bertz CT molecular complexity index is 377. The number of rotatable bonds is 2. The molecule has 0 spiro atoms. The molecule has 1 saturated heterocycles. The van der Waals surface area contributed by atoms with Crippen LogP contribution in [0, 0.1) is 11.8 Å². The van der Waals surface area contributed by atoms with Crippen LogP contribution < -0.4 is 4.90 Å². The Morgan fingerprint density at radius 3 is 2.88 bits per heavy atom. The molecule has 1 aromatic rings. The average molecular weight is 252 g/mol. The van der Waals surface area contributed by atoms with Crippen molar-refractivity contribution in [1.29, 1.82) is 0 Å². The Balaban J connectivity index is 1.71. The molecule has 0 aromatic carbocycles. The first kappa shape index (κ1) is 11.5. The van der Waals surface area contributed by atoms with E-state index >= 15 is 0 Å². The molecule has 1 saturated carbocycles. The highest BCUT2D eigenvalue weighted by Gasteiger charge is 2.47. The fraction of sp³-hybridized carbons (Fsp3) is 0.769. The molecule has 2 atom stereocenters. The van der Waals surface area contributed by atoms with Gasteiger partial charge in [0.1, 0.15) is 0 Å². The lowest BCUT2D eigenvalue weighted by atomic mass is 9.65. The smallest absolute Gasteiger partial charge is 0.185 e. The highest BCUT2D eigenvalue weighted by atomic mass is 32.1. The van der Waals surface area contributed by atoms with Gasteiger partial charge in [-0.25, -0.2) is 4.98 Å². The van der Waals surface area contributed by atoms with E-state index in [-0.39, 0.29) is 0 Å². The second-order valence-corrected chi connectivity index (χ2v) is 6.40. The maximum absolute atomic E-state index is 10.8. The summed E-state index contributed by atoms with van der Waals surface area (Å²) in [5.41, 5.74) is -0.411. The van der Waals surface area contributed by atoms with Gasteiger partial charge in [0.25, 0.3) is 0 Å². The van der Waals surface area contributed by atoms with Gasteiger partial charge in [0, 0.05) is 30.6 Å². The van der Waals surface area contributed by atoms with Crippen molar-refractivity contribution < 1.29 is 5.11 Å². The van der Waals surface area contributed by atoms with Crippen molar-refractivity contribution in [2.45, 2.75) is 38.2 Å². The molecule has 17 heavy (non-hydrogen) atoms. The molecule has 0 radical (unpaired) electrons. The van der Waals surface area contributed by atoms with Gasteiger partial charge in [0.05, 0.1) is 5.60 Å². The molecule has 0 bridgehead atoms. The Kier molecular flexibility index (Phi) is 2.87. The van der Waals surface area contributed by atoms with Crippen molar-refractivity contribution in [2.24, 2.45) is 11.8 Å². The zero-order chi connectivity index (χ0) is 11.9. The van der Waals surface area contributed by atoms with Crippen LogP contribution in [0.3, 0.4) is 0 Å². The summed E-state index contributed by atoms with van der Waals surface area (Å²) in [6, 6.07) is 0. The quantitative estimate of drug-likeness (QED) is 0.878. The first-order valence-electron chi connectivity index (χ1n) is 6.57. The van der Waals surface area contributed by atoms with E-state index < -0.39 is 5.60 Å². The summed E-state index contributed by atoms with van der Waals surface area (Å²) in [5.74, 6) is 0.904. The number of hydrogen-bond donors (Lipinski definition) is 1. The Hall–Kier alpha value is -0.610. The number of nitrogens with zero attached hydrogens (tertiary/aromatic N) is 2. The van der Waals surface area contributed by atoms with E-state index in [2.05, 4.69) is 16.8 Å². The molecule has 1 aromatic heterocycles. The highest BCUT2D eigenvalue weighted by Crippen LogP contribution is 2.45. The molecule has 0 amide bonds. The van der Waals surface area contributed by atoms with Gasteiger partial charge < -0.3 is 10.0 Å². The molecule has 1 N–H and O–H groups in total. The molecule has 2 heterocycles. The molecule has 1 aliphatic carbocycles. The maximum atomic E-state index is 10.8. The second kappa shape index (κ2) is 4.25. The number of thiazole rings is 1. The Morgan fingerprint density at radius 1 is 1.53 bits per heavy atom. The van der Waals surface area contributed by atoms with Crippen molar-refractivity contribution in [3.8, 4) is 0 Å². The zero-order valence-corrected chi connectivity index (χ0v) is 11.1. The van der Waals surface area contributed by atoms with E-state index in [1.54, 1.807) is 11.3 Å². The molecule has 2 unspecified atom stereocenters. The van der Waals surface area contributed by atoms with Gasteiger partial charge in [-0.15, -0.1) is 11.3 Å². The van der Waals surface area contributed by atoms with Crippen molar-refractivity contribution >= 4 is 16.5 Å². The van der Waals surface area contributed by atoms with Crippen molar-refractivity contribution in [1.82, 2.24) is 4.98 Å². The van der Waals surface area contributed by atoms with Gasteiger partial charge in [-0.2, -0.15) is 0 Å². The molecule has 2 aliphatic rings. The van der Waals surface area contributed by atoms with Crippen molar-refractivity contribution in [3.63, 3.8) is 0 Å². The Morgan fingerprint density at radius 2 is 2.35 bits per heavy atom. The molecule has 3 rings (SSSR count). The minimum atomic E-state index is -0.411. The largest absolute Gasteiger partial charge is 0.389 e. The molecule has 4 heteroatoms. The first-order chi connectivity index (χ1) is 8.20. The molecule has 2 fully saturated rings. The monoisotopic (exact) mass is 252 g/mol. The van der Waals surface area contributed by atoms with Crippen molar-refractivity contribution in [3.05, 3.63) is 11.6 Å². The van der Waals surface area contributed by atoms with Crippen molar-refractivity contribution in [2.75, 3.05) is 18.0 Å². The first-order valence-corrected chi connectivity index (χ1v) is 7.45. The van der Waals surface area contributed by atoms with Crippen LogP contribution in [0.15, 0.2) is 11.6 Å². The summed E-state index contributed by atoms with van der Waals surface area (Å²) in [6.45, 7) is 4.09. The van der Waals surface area contributed by atoms with E-state index in [1.807, 2.05) is 11.6 Å². The summed E-state index contributed by atoms with van der Waals surface area (Å²) in [7, 11) is 0. The van der Waals surface area contributed by atoms with Crippen LogP contribution in [-0.2, 0) is 0 Å². The van der Waals surface area contributed by atoms with Gasteiger partial charge in [-0.3, -0.25) is 0 Å². The number of anilines is 1. The van der Waals surface area contributed by atoms with Crippen LogP contribution in [0.2, 0.25) is 0 Å². The highest BCUT2D eigenvalue weighted by molar-refractivity contribution is 7.13. The van der Waals surface area contributed by atoms with Crippen LogP contribution in [0.1, 0.15) is 32.6 Å². The lowest BCUT2D eigenvalue weighted by Gasteiger charge is -2.50. The third-order valence-corrected chi connectivity index (χ3v) is 5.46. The molecule has 1 aliphatic heterocycles. The topological polar surface area (TPSA) is 36.4 Å². The van der Waals surface area contributed by atoms with Crippen LogP contribution in [0.25, 0.3) is 0 Å².